The van der Waals surface area contributed by atoms with Crippen LogP contribution in [0, 0.1) is 11.8 Å². The Morgan fingerprint density at radius 1 is 0.826 bits per heavy atom. The van der Waals surface area contributed by atoms with Crippen molar-refractivity contribution in [1.82, 2.24) is 21.3 Å². The van der Waals surface area contributed by atoms with Crippen molar-refractivity contribution < 1.29 is 38.6 Å². The minimum atomic E-state index is -1.27. The number of carboxylic acid groups (broad SMARTS) is 1. The van der Waals surface area contributed by atoms with Crippen molar-refractivity contribution in [3.05, 3.63) is 59.7 Å². The zero-order valence-electron chi connectivity index (χ0n) is 26.5. The van der Waals surface area contributed by atoms with Crippen molar-refractivity contribution in [1.29, 1.82) is 0 Å². The van der Waals surface area contributed by atoms with Crippen molar-refractivity contribution in [2.45, 2.75) is 71.0 Å². The lowest BCUT2D eigenvalue weighted by atomic mass is 9.98. The molecule has 0 aliphatic heterocycles. The van der Waals surface area contributed by atoms with Gasteiger partial charge in [0, 0.05) is 12.3 Å². The van der Waals surface area contributed by atoms with Gasteiger partial charge in [0.1, 0.15) is 24.7 Å². The van der Waals surface area contributed by atoms with Gasteiger partial charge in [-0.15, -0.1) is 0 Å². The monoisotopic (exact) mass is 637 g/mol. The smallest absolute Gasteiger partial charge is 0.407 e. The average molecular weight is 638 g/mol. The summed E-state index contributed by atoms with van der Waals surface area (Å²) in [7, 11) is 0. The molecule has 46 heavy (non-hydrogen) atoms. The molecule has 0 saturated carbocycles. The van der Waals surface area contributed by atoms with Crippen LogP contribution in [0.4, 0.5) is 4.79 Å². The molecule has 0 heterocycles. The summed E-state index contributed by atoms with van der Waals surface area (Å²) >= 11 is 0. The van der Waals surface area contributed by atoms with Crippen LogP contribution in [0.5, 0.6) is 0 Å². The van der Waals surface area contributed by atoms with Gasteiger partial charge >= 0.3 is 12.1 Å². The second kappa shape index (κ2) is 16.4. The number of carboxylic acids is 1. The van der Waals surface area contributed by atoms with Gasteiger partial charge in [-0.3, -0.25) is 19.2 Å². The highest BCUT2D eigenvalue weighted by atomic mass is 16.5. The molecule has 13 heteroatoms. The van der Waals surface area contributed by atoms with E-state index < -0.39 is 60.4 Å². The third kappa shape index (κ3) is 9.78. The Bertz CT molecular complexity index is 1400. The fourth-order valence-electron chi connectivity index (χ4n) is 5.35. The molecule has 1 aliphatic rings. The van der Waals surface area contributed by atoms with Gasteiger partial charge in [0.2, 0.25) is 23.6 Å². The Labute approximate surface area is 268 Å². The third-order valence-electron chi connectivity index (χ3n) is 7.64. The lowest BCUT2D eigenvalue weighted by molar-refractivity contribution is -0.142. The maximum absolute atomic E-state index is 13.0. The molecule has 7 N–H and O–H groups in total. The molecule has 248 valence electrons. The van der Waals surface area contributed by atoms with E-state index in [1.54, 1.807) is 27.7 Å². The summed E-state index contributed by atoms with van der Waals surface area (Å²) in [6.07, 6.45) is -1.06. The number of aliphatic carboxylic acids is 1. The molecule has 0 spiro atoms. The maximum atomic E-state index is 13.0. The van der Waals surface area contributed by atoms with Crippen LogP contribution in [0.25, 0.3) is 11.1 Å². The number of alkyl carbamates (subject to hydrolysis) is 1. The van der Waals surface area contributed by atoms with Crippen LogP contribution in [0.15, 0.2) is 48.5 Å². The Hall–Kier alpha value is -4.94. The molecular formula is C33H43N5O8. The minimum absolute atomic E-state index is 0.0359. The maximum Gasteiger partial charge on any atom is 0.407 e. The summed E-state index contributed by atoms with van der Waals surface area (Å²) in [4.78, 5) is 74.3. The first-order valence-corrected chi connectivity index (χ1v) is 15.3. The van der Waals surface area contributed by atoms with Crippen LogP contribution < -0.4 is 27.0 Å². The number of hydrogen-bond donors (Lipinski definition) is 6. The zero-order chi connectivity index (χ0) is 34.0. The van der Waals surface area contributed by atoms with Gasteiger partial charge in [-0.25, -0.2) is 9.59 Å². The number of nitrogens with one attached hydrogen (secondary N) is 4. The van der Waals surface area contributed by atoms with E-state index in [-0.39, 0.29) is 43.6 Å². The molecule has 2 aromatic carbocycles. The quantitative estimate of drug-likeness (QED) is 0.160. The standard InChI is InChI=1S/C33H43N5O8/c1-18(2)15-26(32(43)44)37-30(41)25(13-14-27(34)39)36-28(40)16-35-31(42)29(19(3)4)38-33(45)46-17-24-22-11-7-5-9-20(22)21-10-6-8-12-23(21)24/h5-12,18-19,24-26,29H,13-17H2,1-4H3,(H2,34,39)(H,35,42)(H,36,40)(H,37,41)(H,38,45)(H,43,44)/t25-,26-,29-/m0/s1. The van der Waals surface area contributed by atoms with Crippen LogP contribution >= 0.6 is 0 Å². The van der Waals surface area contributed by atoms with E-state index >= 15 is 0 Å². The largest absolute Gasteiger partial charge is 0.480 e. The third-order valence-corrected chi connectivity index (χ3v) is 7.64. The topological polar surface area (TPSA) is 206 Å². The molecule has 3 atom stereocenters. The van der Waals surface area contributed by atoms with Gasteiger partial charge in [-0.05, 0) is 46.9 Å². The molecule has 0 aromatic heterocycles. The minimum Gasteiger partial charge on any atom is -0.480 e. The first-order chi connectivity index (χ1) is 21.8. The number of carbonyl (C=O) groups is 6. The van der Waals surface area contributed by atoms with Crippen molar-refractivity contribution in [2.75, 3.05) is 13.2 Å². The second-order valence-electron chi connectivity index (χ2n) is 12.1. The average Bonchev–Trinajstić information content (AvgIpc) is 3.32. The van der Waals surface area contributed by atoms with Gasteiger partial charge in [-0.1, -0.05) is 76.2 Å². The Morgan fingerprint density at radius 3 is 1.93 bits per heavy atom. The van der Waals surface area contributed by atoms with E-state index in [2.05, 4.69) is 21.3 Å². The lowest BCUT2D eigenvalue weighted by Gasteiger charge is -2.23. The normalized spacial score (nSPS) is 14.0. The molecular weight excluding hydrogens is 594 g/mol. The number of ether oxygens (including phenoxy) is 1. The van der Waals surface area contributed by atoms with Crippen molar-refractivity contribution >= 4 is 35.7 Å². The van der Waals surface area contributed by atoms with Gasteiger partial charge in [0.15, 0.2) is 0 Å². The predicted molar refractivity (Wildman–Crippen MR) is 169 cm³/mol. The molecule has 1 aliphatic carbocycles. The summed E-state index contributed by atoms with van der Waals surface area (Å²) in [5.74, 6) is -4.74. The molecule has 0 saturated heterocycles. The molecule has 5 amide bonds. The summed E-state index contributed by atoms with van der Waals surface area (Å²) in [6, 6.07) is 12.3. The number of fused-ring (bicyclic) bond motifs is 3. The highest BCUT2D eigenvalue weighted by Crippen LogP contribution is 2.44. The Morgan fingerprint density at radius 2 is 1.41 bits per heavy atom. The van der Waals surface area contributed by atoms with E-state index in [1.165, 1.54) is 0 Å². The van der Waals surface area contributed by atoms with E-state index in [9.17, 15) is 33.9 Å². The molecule has 2 aromatic rings. The van der Waals surface area contributed by atoms with E-state index in [4.69, 9.17) is 10.5 Å². The first-order valence-electron chi connectivity index (χ1n) is 15.3. The van der Waals surface area contributed by atoms with Crippen molar-refractivity contribution in [3.8, 4) is 11.1 Å². The van der Waals surface area contributed by atoms with Crippen molar-refractivity contribution in [2.24, 2.45) is 17.6 Å². The Balaban J connectivity index is 1.56. The molecule has 0 bridgehead atoms. The van der Waals surface area contributed by atoms with Gasteiger partial charge in [0.25, 0.3) is 0 Å². The fraction of sp³-hybridized carbons (Fsp3) is 0.455. The predicted octanol–water partition coefficient (Wildman–Crippen LogP) is 2.03. The van der Waals surface area contributed by atoms with Gasteiger partial charge in [-0.2, -0.15) is 0 Å². The molecule has 0 fully saturated rings. The first kappa shape index (κ1) is 35.5. The van der Waals surface area contributed by atoms with E-state index in [0.29, 0.717) is 0 Å². The number of benzene rings is 2. The van der Waals surface area contributed by atoms with Crippen LogP contribution in [0.2, 0.25) is 0 Å². The number of carbonyl (C=O) groups excluding carboxylic acids is 5. The van der Waals surface area contributed by atoms with Crippen LogP contribution in [0.3, 0.4) is 0 Å². The molecule has 3 rings (SSSR count). The van der Waals surface area contributed by atoms with E-state index in [1.807, 2.05) is 48.5 Å². The lowest BCUT2D eigenvalue weighted by Crippen LogP contribution is -2.55. The highest BCUT2D eigenvalue weighted by molar-refractivity contribution is 5.93. The fourth-order valence-corrected chi connectivity index (χ4v) is 5.35. The van der Waals surface area contributed by atoms with Gasteiger partial charge < -0.3 is 36.8 Å². The van der Waals surface area contributed by atoms with Crippen LogP contribution in [-0.4, -0.2) is 72.1 Å². The second-order valence-corrected chi connectivity index (χ2v) is 12.1. The summed E-state index contributed by atoms with van der Waals surface area (Å²) < 4.78 is 5.56. The summed E-state index contributed by atoms with van der Waals surface area (Å²) in [5.41, 5.74) is 9.45. The SMILES string of the molecule is CC(C)C[C@H](NC(=O)[C@H](CCC(N)=O)NC(=O)CNC(=O)[C@@H](NC(=O)OCC1c2ccccc2-c2ccccc21)C(C)C)C(=O)O. The summed E-state index contributed by atoms with van der Waals surface area (Å²) in [5, 5.41) is 19.3. The highest BCUT2D eigenvalue weighted by Gasteiger charge is 2.31. The molecule has 0 unspecified atom stereocenters. The van der Waals surface area contributed by atoms with E-state index in [0.717, 1.165) is 22.3 Å². The Kier molecular flexibility index (Phi) is 12.7. The molecule has 0 radical (unpaired) electrons. The number of rotatable bonds is 16. The zero-order valence-corrected chi connectivity index (χ0v) is 26.5. The number of nitrogens with two attached hydrogens (primary N) is 1. The van der Waals surface area contributed by atoms with Crippen molar-refractivity contribution in [3.63, 3.8) is 0 Å². The number of primary amides is 1. The van der Waals surface area contributed by atoms with Crippen LogP contribution in [-0.2, 0) is 28.7 Å². The van der Waals surface area contributed by atoms with Crippen LogP contribution in [0.1, 0.15) is 64.0 Å². The number of amides is 5. The number of hydrogen-bond acceptors (Lipinski definition) is 7. The van der Waals surface area contributed by atoms with Gasteiger partial charge in [0.05, 0.1) is 6.54 Å². The summed E-state index contributed by atoms with van der Waals surface area (Å²) in [6.45, 7) is 6.53. The molecule has 13 nitrogen and oxygen atoms in total.